The summed E-state index contributed by atoms with van der Waals surface area (Å²) in [5.41, 5.74) is 0.829. The molecule has 104 valence electrons. The first kappa shape index (κ1) is 14.9. The van der Waals surface area contributed by atoms with Crippen LogP contribution in [-0.4, -0.2) is 14.8 Å². The minimum atomic E-state index is 0.190. The van der Waals surface area contributed by atoms with Gasteiger partial charge in [0.2, 0.25) is 0 Å². The van der Waals surface area contributed by atoms with E-state index in [1.165, 1.54) is 38.5 Å². The molecule has 0 aliphatic carbocycles. The average molecular weight is 253 g/mol. The number of hydrogen-bond acceptors (Lipinski definition) is 2. The lowest BCUT2D eigenvalue weighted by Gasteiger charge is -2.07. The molecule has 3 nitrogen and oxygen atoms in total. The summed E-state index contributed by atoms with van der Waals surface area (Å²) in [6.45, 7) is 4.92. The molecular weight excluding hydrogens is 226 g/mol. The van der Waals surface area contributed by atoms with Crippen LogP contribution in [0.15, 0.2) is 6.07 Å². The zero-order chi connectivity index (χ0) is 13.4. The Morgan fingerprint density at radius 2 is 1.56 bits per heavy atom. The third-order valence-corrected chi connectivity index (χ3v) is 3.49. The average Bonchev–Trinajstić information content (AvgIpc) is 2.64. The number of aryl methyl sites for hydroxylation is 1. The van der Waals surface area contributed by atoms with Crippen LogP contribution in [0.2, 0.25) is 0 Å². The van der Waals surface area contributed by atoms with Crippen molar-refractivity contribution in [3.63, 3.8) is 0 Å². The third-order valence-electron chi connectivity index (χ3n) is 3.49. The predicted octanol–water partition coefficient (Wildman–Crippen LogP) is 4.21. The third kappa shape index (κ3) is 4.28. The molecule has 0 radical (unpaired) electrons. The van der Waals surface area contributed by atoms with E-state index in [9.17, 15) is 10.2 Å². The molecule has 1 aromatic rings. The van der Waals surface area contributed by atoms with Crippen molar-refractivity contribution in [1.29, 1.82) is 0 Å². The van der Waals surface area contributed by atoms with Crippen LogP contribution in [0.1, 0.15) is 64.4 Å². The highest BCUT2D eigenvalue weighted by Crippen LogP contribution is 2.28. The number of nitrogens with zero attached hydrogens (tertiary/aromatic N) is 1. The van der Waals surface area contributed by atoms with Crippen LogP contribution in [0.25, 0.3) is 0 Å². The van der Waals surface area contributed by atoms with Gasteiger partial charge >= 0.3 is 0 Å². The normalized spacial score (nSPS) is 11.0. The Hall–Kier alpha value is -1.12. The second kappa shape index (κ2) is 8.06. The fraction of sp³-hybridized carbons (Fsp3) is 0.733. The lowest BCUT2D eigenvalue weighted by molar-refractivity contribution is 0.360. The van der Waals surface area contributed by atoms with Crippen molar-refractivity contribution in [2.24, 2.45) is 0 Å². The first-order chi connectivity index (χ1) is 8.70. The van der Waals surface area contributed by atoms with Gasteiger partial charge in [-0.1, -0.05) is 52.4 Å². The summed E-state index contributed by atoms with van der Waals surface area (Å²) in [4.78, 5) is 0. The molecule has 2 N–H and O–H groups in total. The molecule has 0 unspecified atom stereocenters. The summed E-state index contributed by atoms with van der Waals surface area (Å²) in [5.74, 6) is 0.427. The van der Waals surface area contributed by atoms with Gasteiger partial charge in [0.05, 0.1) is 0 Å². The van der Waals surface area contributed by atoms with Gasteiger partial charge < -0.3 is 10.2 Å². The van der Waals surface area contributed by atoms with E-state index >= 15 is 0 Å². The Morgan fingerprint density at radius 1 is 0.944 bits per heavy atom. The molecule has 0 saturated carbocycles. The molecule has 0 saturated heterocycles. The van der Waals surface area contributed by atoms with Gasteiger partial charge in [-0.25, -0.2) is 0 Å². The Morgan fingerprint density at radius 3 is 2.11 bits per heavy atom. The number of rotatable bonds is 9. The maximum Gasteiger partial charge on any atom is 0.197 e. The number of unbranched alkanes of at least 4 members (excludes halogenated alkanes) is 6. The number of aromatic hydroxyl groups is 2. The van der Waals surface area contributed by atoms with Gasteiger partial charge in [-0.3, -0.25) is 4.57 Å². The topological polar surface area (TPSA) is 45.4 Å². The van der Waals surface area contributed by atoms with Crippen LogP contribution in [0.5, 0.6) is 11.8 Å². The first-order valence-electron chi connectivity index (χ1n) is 7.31. The smallest absolute Gasteiger partial charge is 0.197 e. The monoisotopic (exact) mass is 253 g/mol. The van der Waals surface area contributed by atoms with Gasteiger partial charge in [0, 0.05) is 18.2 Å². The Bertz CT molecular complexity index is 345. The molecular formula is C15H27NO2. The fourth-order valence-corrected chi connectivity index (χ4v) is 2.29. The van der Waals surface area contributed by atoms with Crippen LogP contribution in [0.3, 0.4) is 0 Å². The maximum absolute atomic E-state index is 9.89. The number of hydrogen-bond donors (Lipinski definition) is 2. The second-order valence-corrected chi connectivity index (χ2v) is 4.98. The van der Waals surface area contributed by atoms with Crippen molar-refractivity contribution in [1.82, 2.24) is 4.57 Å². The molecule has 3 heteroatoms. The minimum Gasteiger partial charge on any atom is -0.494 e. The van der Waals surface area contributed by atoms with Crippen molar-refractivity contribution in [3.05, 3.63) is 11.6 Å². The van der Waals surface area contributed by atoms with Gasteiger partial charge in [0.25, 0.3) is 0 Å². The van der Waals surface area contributed by atoms with Crippen LogP contribution in [0, 0.1) is 0 Å². The van der Waals surface area contributed by atoms with Crippen LogP contribution >= 0.6 is 0 Å². The van der Waals surface area contributed by atoms with E-state index in [4.69, 9.17) is 0 Å². The summed E-state index contributed by atoms with van der Waals surface area (Å²) in [7, 11) is 0. The summed E-state index contributed by atoms with van der Waals surface area (Å²) in [5, 5.41) is 19.6. The van der Waals surface area contributed by atoms with Crippen molar-refractivity contribution < 1.29 is 10.2 Å². The highest BCUT2D eigenvalue weighted by atomic mass is 16.3. The number of aromatic nitrogens is 1. The van der Waals surface area contributed by atoms with E-state index in [2.05, 4.69) is 6.92 Å². The summed E-state index contributed by atoms with van der Waals surface area (Å²) >= 11 is 0. The molecule has 0 aromatic carbocycles. The summed E-state index contributed by atoms with van der Waals surface area (Å²) in [6.07, 6.45) is 9.44. The fourth-order valence-electron chi connectivity index (χ4n) is 2.29. The Labute approximate surface area is 110 Å². The Kier molecular flexibility index (Phi) is 6.69. The maximum atomic E-state index is 9.89. The van der Waals surface area contributed by atoms with Gasteiger partial charge in [-0.05, 0) is 12.8 Å². The van der Waals surface area contributed by atoms with Crippen molar-refractivity contribution in [2.75, 3.05) is 0 Å². The molecule has 0 aliphatic rings. The van der Waals surface area contributed by atoms with Gasteiger partial charge in [-0.15, -0.1) is 0 Å². The van der Waals surface area contributed by atoms with E-state index in [1.807, 2.05) is 6.92 Å². The molecule has 0 bridgehead atoms. The molecule has 0 aliphatic heterocycles. The summed E-state index contributed by atoms with van der Waals surface area (Å²) in [6, 6.07) is 1.66. The van der Waals surface area contributed by atoms with E-state index in [-0.39, 0.29) is 11.8 Å². The predicted molar refractivity (Wildman–Crippen MR) is 75.1 cm³/mol. The van der Waals surface area contributed by atoms with E-state index in [1.54, 1.807) is 10.6 Å². The molecule has 1 heterocycles. The van der Waals surface area contributed by atoms with Gasteiger partial charge in [0.1, 0.15) is 0 Å². The van der Waals surface area contributed by atoms with Crippen LogP contribution < -0.4 is 0 Å². The second-order valence-electron chi connectivity index (χ2n) is 4.98. The van der Waals surface area contributed by atoms with Crippen molar-refractivity contribution in [3.8, 4) is 11.8 Å². The largest absolute Gasteiger partial charge is 0.494 e. The molecule has 0 fully saturated rings. The van der Waals surface area contributed by atoms with E-state index in [0.717, 1.165) is 18.4 Å². The van der Waals surface area contributed by atoms with Crippen LogP contribution in [0.4, 0.5) is 0 Å². The molecule has 0 amide bonds. The standard InChI is InChI=1S/C15H27NO2/c1-3-5-6-7-8-9-10-11-16-14(17)12-13(4-2)15(16)18/h12,17-18H,3-11H2,1-2H3. The molecule has 1 rings (SSSR count). The zero-order valence-corrected chi connectivity index (χ0v) is 11.8. The molecule has 18 heavy (non-hydrogen) atoms. The van der Waals surface area contributed by atoms with Crippen LogP contribution in [-0.2, 0) is 13.0 Å². The quantitative estimate of drug-likeness (QED) is 0.647. The Balaban J connectivity index is 2.25. The SMILES string of the molecule is CCCCCCCCCn1c(O)cc(CC)c1O. The zero-order valence-electron chi connectivity index (χ0n) is 11.8. The van der Waals surface area contributed by atoms with Crippen molar-refractivity contribution in [2.45, 2.75) is 71.8 Å². The van der Waals surface area contributed by atoms with Crippen molar-refractivity contribution >= 4 is 0 Å². The molecule has 0 atom stereocenters. The molecule has 0 spiro atoms. The molecule has 1 aromatic heterocycles. The lowest BCUT2D eigenvalue weighted by atomic mass is 10.1. The highest BCUT2D eigenvalue weighted by molar-refractivity contribution is 5.35. The van der Waals surface area contributed by atoms with Gasteiger partial charge in [-0.2, -0.15) is 0 Å². The highest BCUT2D eigenvalue weighted by Gasteiger charge is 2.11. The van der Waals surface area contributed by atoms with Gasteiger partial charge in [0.15, 0.2) is 11.8 Å². The van der Waals surface area contributed by atoms with E-state index < -0.39 is 0 Å². The minimum absolute atomic E-state index is 0.190. The lowest BCUT2D eigenvalue weighted by Crippen LogP contribution is -1.97. The first-order valence-corrected chi connectivity index (χ1v) is 7.31. The summed E-state index contributed by atoms with van der Waals surface area (Å²) < 4.78 is 1.62. The van der Waals surface area contributed by atoms with E-state index in [0.29, 0.717) is 6.54 Å².